The molecule has 2 N–H and O–H groups in total. The van der Waals surface area contributed by atoms with Gasteiger partial charge in [0.15, 0.2) is 0 Å². The molecular formula is C18H21ClN4O. The molecule has 2 aliphatic heterocycles. The highest BCUT2D eigenvalue weighted by molar-refractivity contribution is 6.30. The summed E-state index contributed by atoms with van der Waals surface area (Å²) < 4.78 is 0. The van der Waals surface area contributed by atoms with Crippen molar-refractivity contribution in [2.24, 2.45) is 11.8 Å². The summed E-state index contributed by atoms with van der Waals surface area (Å²) in [7, 11) is 0. The van der Waals surface area contributed by atoms with E-state index >= 15 is 0 Å². The molecule has 2 fully saturated rings. The van der Waals surface area contributed by atoms with E-state index in [1.807, 2.05) is 29.2 Å². The summed E-state index contributed by atoms with van der Waals surface area (Å²) in [6, 6.07) is 7.50. The van der Waals surface area contributed by atoms with Crippen molar-refractivity contribution in [1.82, 2.24) is 20.4 Å². The molecule has 4 rings (SSSR count). The van der Waals surface area contributed by atoms with Crippen molar-refractivity contribution in [3.8, 4) is 11.3 Å². The zero-order valence-corrected chi connectivity index (χ0v) is 14.2. The van der Waals surface area contributed by atoms with Crippen LogP contribution in [0, 0.1) is 11.8 Å². The molecule has 0 aliphatic carbocycles. The largest absolute Gasteiger partial charge is 0.339 e. The predicted molar refractivity (Wildman–Crippen MR) is 94.0 cm³/mol. The molecule has 126 valence electrons. The van der Waals surface area contributed by atoms with Crippen LogP contribution in [0.5, 0.6) is 0 Å². The van der Waals surface area contributed by atoms with E-state index in [0.29, 0.717) is 22.4 Å². The third kappa shape index (κ3) is 2.94. The molecule has 5 nitrogen and oxygen atoms in total. The number of nitrogens with one attached hydrogen (secondary N) is 2. The van der Waals surface area contributed by atoms with Crippen LogP contribution in [-0.2, 0) is 0 Å². The second-order valence-corrected chi connectivity index (χ2v) is 7.15. The Balaban J connectivity index is 1.56. The number of hydrogen-bond acceptors (Lipinski definition) is 3. The van der Waals surface area contributed by atoms with Gasteiger partial charge in [-0.3, -0.25) is 9.89 Å². The highest BCUT2D eigenvalue weighted by atomic mass is 35.5. The Kier molecular flexibility index (Phi) is 4.29. The number of hydrogen-bond donors (Lipinski definition) is 2. The first kappa shape index (κ1) is 15.7. The Morgan fingerprint density at radius 3 is 2.67 bits per heavy atom. The van der Waals surface area contributed by atoms with Crippen LogP contribution in [0.3, 0.4) is 0 Å². The average molecular weight is 345 g/mol. The van der Waals surface area contributed by atoms with Crippen molar-refractivity contribution in [1.29, 1.82) is 0 Å². The van der Waals surface area contributed by atoms with Crippen molar-refractivity contribution in [3.63, 3.8) is 0 Å². The Morgan fingerprint density at radius 1 is 1.21 bits per heavy atom. The number of rotatable bonds is 2. The van der Waals surface area contributed by atoms with Gasteiger partial charge in [0.05, 0.1) is 17.5 Å². The molecule has 2 saturated heterocycles. The van der Waals surface area contributed by atoms with Crippen LogP contribution in [0.1, 0.15) is 23.2 Å². The molecule has 1 amide bonds. The summed E-state index contributed by atoms with van der Waals surface area (Å²) in [6.45, 7) is 3.82. The van der Waals surface area contributed by atoms with Crippen molar-refractivity contribution < 1.29 is 4.79 Å². The fourth-order valence-corrected chi connectivity index (χ4v) is 4.09. The van der Waals surface area contributed by atoms with Crippen molar-refractivity contribution in [3.05, 3.63) is 41.0 Å². The van der Waals surface area contributed by atoms with E-state index in [2.05, 4.69) is 15.5 Å². The van der Waals surface area contributed by atoms with E-state index in [1.54, 1.807) is 6.20 Å². The van der Waals surface area contributed by atoms with E-state index in [-0.39, 0.29) is 5.91 Å². The van der Waals surface area contributed by atoms with Crippen LogP contribution >= 0.6 is 11.6 Å². The molecule has 1 aromatic heterocycles. The number of likely N-dealkylation sites (tertiary alicyclic amines) is 1. The number of aromatic nitrogens is 2. The van der Waals surface area contributed by atoms with Gasteiger partial charge in [0, 0.05) is 23.7 Å². The Hall–Kier alpha value is -1.85. The Morgan fingerprint density at radius 2 is 1.96 bits per heavy atom. The first-order valence-corrected chi connectivity index (χ1v) is 8.89. The molecule has 0 saturated carbocycles. The molecule has 3 heterocycles. The Bertz CT molecular complexity index is 730. The van der Waals surface area contributed by atoms with Crippen molar-refractivity contribution >= 4 is 17.5 Å². The number of benzene rings is 1. The summed E-state index contributed by atoms with van der Waals surface area (Å²) in [5.41, 5.74) is 2.26. The monoisotopic (exact) mass is 344 g/mol. The maximum Gasteiger partial charge on any atom is 0.257 e. The fraction of sp³-hybridized carbons (Fsp3) is 0.444. The molecule has 1 aromatic carbocycles. The summed E-state index contributed by atoms with van der Waals surface area (Å²) in [5, 5.41) is 11.2. The molecule has 0 bridgehead atoms. The second-order valence-electron chi connectivity index (χ2n) is 6.72. The first-order valence-electron chi connectivity index (χ1n) is 8.51. The van der Waals surface area contributed by atoms with Crippen LogP contribution in [0.2, 0.25) is 5.02 Å². The van der Waals surface area contributed by atoms with Gasteiger partial charge >= 0.3 is 0 Å². The topological polar surface area (TPSA) is 61.0 Å². The number of nitrogens with zero attached hydrogens (tertiary/aromatic N) is 2. The van der Waals surface area contributed by atoms with Gasteiger partial charge in [0.25, 0.3) is 5.91 Å². The number of carbonyl (C=O) groups is 1. The van der Waals surface area contributed by atoms with E-state index in [1.165, 1.54) is 0 Å². The number of halogens is 1. The van der Waals surface area contributed by atoms with E-state index in [9.17, 15) is 4.79 Å². The maximum atomic E-state index is 13.0. The van der Waals surface area contributed by atoms with Crippen molar-refractivity contribution in [2.45, 2.75) is 12.8 Å². The van der Waals surface area contributed by atoms with Crippen LogP contribution in [0.15, 0.2) is 30.5 Å². The van der Waals surface area contributed by atoms with Gasteiger partial charge in [-0.25, -0.2) is 0 Å². The standard InChI is InChI=1S/C18H21ClN4O/c19-15-3-1-2-12(8-15)17-16(11-21-22-17)18(24)23-6-4-13-9-20-10-14(13)5-7-23/h1-3,8,11,13-14,20H,4-7,9-10H2,(H,21,22)/t13-,14+. The highest BCUT2D eigenvalue weighted by Crippen LogP contribution is 2.29. The number of H-pyrrole nitrogens is 1. The number of fused-ring (bicyclic) bond motifs is 1. The smallest absolute Gasteiger partial charge is 0.257 e. The molecule has 2 aromatic rings. The number of carbonyl (C=O) groups excluding carboxylic acids is 1. The van der Waals surface area contributed by atoms with Crippen molar-refractivity contribution in [2.75, 3.05) is 26.2 Å². The predicted octanol–water partition coefficient (Wildman–Crippen LogP) is 2.80. The second kappa shape index (κ2) is 6.57. The normalized spacial score (nSPS) is 23.8. The molecule has 24 heavy (non-hydrogen) atoms. The molecule has 0 unspecified atom stereocenters. The number of amides is 1. The van der Waals surface area contributed by atoms with Crippen LogP contribution in [-0.4, -0.2) is 47.2 Å². The molecule has 6 heteroatoms. The third-order valence-electron chi connectivity index (χ3n) is 5.29. The van der Waals surface area contributed by atoms with Gasteiger partial charge in [-0.05, 0) is 49.9 Å². The zero-order chi connectivity index (χ0) is 16.5. The lowest BCUT2D eigenvalue weighted by atomic mass is 9.92. The summed E-state index contributed by atoms with van der Waals surface area (Å²) in [6.07, 6.45) is 3.79. The molecule has 2 atom stereocenters. The highest BCUT2D eigenvalue weighted by Gasteiger charge is 2.32. The van der Waals surface area contributed by atoms with E-state index in [0.717, 1.165) is 50.3 Å². The zero-order valence-electron chi connectivity index (χ0n) is 13.5. The fourth-order valence-electron chi connectivity index (χ4n) is 3.90. The molecule has 2 aliphatic rings. The Labute approximate surface area is 146 Å². The van der Waals surface area contributed by atoms with Crippen LogP contribution < -0.4 is 5.32 Å². The van der Waals surface area contributed by atoms with Gasteiger partial charge in [0.1, 0.15) is 0 Å². The lowest BCUT2D eigenvalue weighted by Crippen LogP contribution is -2.32. The lowest BCUT2D eigenvalue weighted by Gasteiger charge is -2.21. The molecule has 0 radical (unpaired) electrons. The number of aromatic amines is 1. The van der Waals surface area contributed by atoms with Crippen LogP contribution in [0.4, 0.5) is 0 Å². The minimum Gasteiger partial charge on any atom is -0.339 e. The third-order valence-corrected chi connectivity index (χ3v) is 5.52. The molecular weight excluding hydrogens is 324 g/mol. The minimum atomic E-state index is 0.0617. The summed E-state index contributed by atoms with van der Waals surface area (Å²) in [5.74, 6) is 1.48. The average Bonchev–Trinajstić information content (AvgIpc) is 3.20. The van der Waals surface area contributed by atoms with Gasteiger partial charge in [0.2, 0.25) is 0 Å². The van der Waals surface area contributed by atoms with E-state index in [4.69, 9.17) is 11.6 Å². The first-order chi connectivity index (χ1) is 11.7. The van der Waals surface area contributed by atoms with Gasteiger partial charge in [-0.2, -0.15) is 5.10 Å². The molecule has 0 spiro atoms. The van der Waals surface area contributed by atoms with Gasteiger partial charge < -0.3 is 10.2 Å². The SMILES string of the molecule is O=C(c1cn[nH]c1-c1cccc(Cl)c1)N1CC[C@@H]2CNC[C@@H]2CC1. The van der Waals surface area contributed by atoms with Crippen LogP contribution in [0.25, 0.3) is 11.3 Å². The summed E-state index contributed by atoms with van der Waals surface area (Å²) in [4.78, 5) is 15.0. The van der Waals surface area contributed by atoms with Gasteiger partial charge in [-0.15, -0.1) is 0 Å². The van der Waals surface area contributed by atoms with E-state index < -0.39 is 0 Å². The van der Waals surface area contributed by atoms with Gasteiger partial charge in [-0.1, -0.05) is 23.7 Å². The maximum absolute atomic E-state index is 13.0. The lowest BCUT2D eigenvalue weighted by molar-refractivity contribution is 0.0759. The quantitative estimate of drug-likeness (QED) is 0.880. The summed E-state index contributed by atoms with van der Waals surface area (Å²) >= 11 is 6.08. The minimum absolute atomic E-state index is 0.0617.